The average Bonchev–Trinajstić information content (AvgIpc) is 2.83. The lowest BCUT2D eigenvalue weighted by atomic mass is 10.2. The minimum atomic E-state index is 0.656. The van der Waals surface area contributed by atoms with Crippen molar-refractivity contribution in [3.8, 4) is 11.5 Å². The van der Waals surface area contributed by atoms with Crippen LogP contribution < -0.4 is 19.7 Å². The third-order valence-electron chi connectivity index (χ3n) is 5.33. The monoisotopic (exact) mass is 426 g/mol. The molecule has 0 atom stereocenters. The minimum absolute atomic E-state index is 0.656. The predicted octanol–water partition coefficient (Wildman–Crippen LogP) is 3.01. The Bertz CT molecular complexity index is 835. The summed E-state index contributed by atoms with van der Waals surface area (Å²) in [6.07, 6.45) is 0.881. The first-order valence-electron chi connectivity index (χ1n) is 10.8. The normalized spacial score (nSPS) is 14.5. The number of aliphatic imine (C=N–C) groups is 1. The van der Waals surface area contributed by atoms with Gasteiger partial charge >= 0.3 is 0 Å². The van der Waals surface area contributed by atoms with Crippen molar-refractivity contribution in [2.24, 2.45) is 4.99 Å². The summed E-state index contributed by atoms with van der Waals surface area (Å²) in [5.41, 5.74) is 2.31. The van der Waals surface area contributed by atoms with Crippen molar-refractivity contribution in [3.05, 3.63) is 54.1 Å². The molecule has 0 unspecified atom stereocenters. The van der Waals surface area contributed by atoms with Crippen molar-refractivity contribution >= 4 is 11.6 Å². The quantitative estimate of drug-likeness (QED) is 0.378. The van der Waals surface area contributed by atoms with E-state index in [1.165, 1.54) is 0 Å². The summed E-state index contributed by atoms with van der Waals surface area (Å²) >= 11 is 0. The Morgan fingerprint density at radius 1 is 1.00 bits per heavy atom. The number of piperazine rings is 1. The maximum atomic E-state index is 5.81. The highest BCUT2D eigenvalue weighted by atomic mass is 16.5. The molecule has 0 amide bonds. The van der Waals surface area contributed by atoms with Crippen molar-refractivity contribution in [2.75, 3.05) is 65.6 Å². The number of hydrogen-bond acceptors (Lipinski definition) is 5. The number of anilines is 1. The van der Waals surface area contributed by atoms with E-state index in [1.807, 2.05) is 31.3 Å². The molecule has 3 rings (SSSR count). The van der Waals surface area contributed by atoms with Gasteiger partial charge in [0.05, 0.1) is 19.4 Å². The molecule has 1 heterocycles. The third kappa shape index (κ3) is 6.52. The van der Waals surface area contributed by atoms with Gasteiger partial charge in [-0.15, -0.1) is 0 Å². The maximum absolute atomic E-state index is 5.81. The zero-order chi connectivity index (χ0) is 21.9. The van der Waals surface area contributed by atoms with E-state index < -0.39 is 0 Å². The molecule has 2 aromatic rings. The lowest BCUT2D eigenvalue weighted by molar-refractivity contribution is 0.172. The molecule has 1 aliphatic heterocycles. The van der Waals surface area contributed by atoms with Crippen LogP contribution in [0.5, 0.6) is 11.5 Å². The van der Waals surface area contributed by atoms with Crippen LogP contribution in [0.15, 0.2) is 53.5 Å². The summed E-state index contributed by atoms with van der Waals surface area (Å²) in [6.45, 7) is 5.72. The molecule has 1 saturated heterocycles. The lowest BCUT2D eigenvalue weighted by Gasteiger charge is -2.38. The molecule has 0 saturated carbocycles. The van der Waals surface area contributed by atoms with Crippen LogP contribution in [0, 0.1) is 0 Å². The molecule has 7 nitrogen and oxygen atoms in total. The molecule has 0 spiro atoms. The van der Waals surface area contributed by atoms with Gasteiger partial charge < -0.3 is 29.3 Å². The molecule has 2 aromatic carbocycles. The van der Waals surface area contributed by atoms with Crippen LogP contribution >= 0.6 is 0 Å². The van der Waals surface area contributed by atoms with E-state index in [4.69, 9.17) is 14.2 Å². The number of nitrogens with zero attached hydrogens (tertiary/aromatic N) is 3. The Kier molecular flexibility index (Phi) is 8.84. The van der Waals surface area contributed by atoms with E-state index in [0.717, 1.165) is 61.3 Å². The summed E-state index contributed by atoms with van der Waals surface area (Å²) < 4.78 is 16.4. The van der Waals surface area contributed by atoms with Gasteiger partial charge in [-0.1, -0.05) is 24.3 Å². The van der Waals surface area contributed by atoms with E-state index in [0.29, 0.717) is 19.8 Å². The first-order valence-corrected chi connectivity index (χ1v) is 10.8. The van der Waals surface area contributed by atoms with E-state index in [9.17, 15) is 0 Å². The van der Waals surface area contributed by atoms with Crippen LogP contribution in [0.3, 0.4) is 0 Å². The van der Waals surface area contributed by atoms with Gasteiger partial charge in [0.25, 0.3) is 0 Å². The number of ether oxygens (including phenoxy) is 3. The molecule has 0 bridgehead atoms. The Labute approximate surface area is 185 Å². The SMILES string of the molecule is CN=C(NCc1cccc(OCCCOC)c1)N1CCN(c2ccccc2OC)CC1. The largest absolute Gasteiger partial charge is 0.495 e. The van der Waals surface area contributed by atoms with Crippen LogP contribution in [0.25, 0.3) is 0 Å². The van der Waals surface area contributed by atoms with Gasteiger partial charge in [0.15, 0.2) is 5.96 Å². The second-order valence-corrected chi connectivity index (χ2v) is 7.39. The zero-order valence-electron chi connectivity index (χ0n) is 18.8. The third-order valence-corrected chi connectivity index (χ3v) is 5.33. The highest BCUT2D eigenvalue weighted by Gasteiger charge is 2.21. The van der Waals surface area contributed by atoms with E-state index >= 15 is 0 Å². The zero-order valence-corrected chi connectivity index (χ0v) is 18.8. The molecule has 0 aliphatic carbocycles. The Balaban J connectivity index is 1.50. The van der Waals surface area contributed by atoms with Crippen LogP contribution in [-0.4, -0.2) is 71.5 Å². The van der Waals surface area contributed by atoms with Crippen LogP contribution in [0.1, 0.15) is 12.0 Å². The van der Waals surface area contributed by atoms with Crippen molar-refractivity contribution in [1.29, 1.82) is 0 Å². The van der Waals surface area contributed by atoms with Gasteiger partial charge in [0, 0.05) is 59.9 Å². The lowest BCUT2D eigenvalue weighted by Crippen LogP contribution is -2.52. The van der Waals surface area contributed by atoms with Crippen molar-refractivity contribution in [3.63, 3.8) is 0 Å². The summed E-state index contributed by atoms with van der Waals surface area (Å²) in [5, 5.41) is 3.49. The topological polar surface area (TPSA) is 58.6 Å². The Hall–Kier alpha value is -2.93. The first-order chi connectivity index (χ1) is 15.2. The average molecular weight is 427 g/mol. The highest BCUT2D eigenvalue weighted by Crippen LogP contribution is 2.28. The molecule has 1 aliphatic rings. The standard InChI is InChI=1S/C24H34N4O3/c1-25-24(26-19-20-8-6-9-21(18-20)31-17-7-16-29-2)28-14-12-27(13-15-28)22-10-4-5-11-23(22)30-3/h4-6,8-11,18H,7,12-17,19H2,1-3H3,(H,25,26). The number of benzene rings is 2. The van der Waals surface area contributed by atoms with Crippen LogP contribution in [0.4, 0.5) is 5.69 Å². The van der Waals surface area contributed by atoms with E-state index in [2.05, 4.69) is 44.4 Å². The van der Waals surface area contributed by atoms with Crippen molar-refractivity contribution in [1.82, 2.24) is 10.2 Å². The predicted molar refractivity (Wildman–Crippen MR) is 125 cm³/mol. The van der Waals surface area contributed by atoms with Gasteiger partial charge in [-0.3, -0.25) is 4.99 Å². The van der Waals surface area contributed by atoms with E-state index in [-0.39, 0.29) is 0 Å². The van der Waals surface area contributed by atoms with Crippen LogP contribution in [-0.2, 0) is 11.3 Å². The maximum Gasteiger partial charge on any atom is 0.194 e. The summed E-state index contributed by atoms with van der Waals surface area (Å²) in [6, 6.07) is 16.4. The number of hydrogen-bond donors (Lipinski definition) is 1. The molecule has 0 radical (unpaired) electrons. The smallest absolute Gasteiger partial charge is 0.194 e. The van der Waals surface area contributed by atoms with Gasteiger partial charge in [-0.05, 0) is 29.8 Å². The number of rotatable bonds is 9. The first kappa shape index (κ1) is 22.7. The van der Waals surface area contributed by atoms with Crippen LogP contribution in [0.2, 0.25) is 0 Å². The molecular weight excluding hydrogens is 392 g/mol. The fourth-order valence-electron chi connectivity index (χ4n) is 3.70. The summed E-state index contributed by atoms with van der Waals surface area (Å²) in [4.78, 5) is 9.16. The van der Waals surface area contributed by atoms with E-state index in [1.54, 1.807) is 14.2 Å². The second-order valence-electron chi connectivity index (χ2n) is 7.39. The minimum Gasteiger partial charge on any atom is -0.495 e. The molecule has 1 fully saturated rings. The second kappa shape index (κ2) is 12.1. The van der Waals surface area contributed by atoms with Gasteiger partial charge in [-0.25, -0.2) is 0 Å². The molecule has 7 heteroatoms. The molecular formula is C24H34N4O3. The summed E-state index contributed by atoms with van der Waals surface area (Å²) in [5.74, 6) is 2.73. The Morgan fingerprint density at radius 3 is 2.55 bits per heavy atom. The van der Waals surface area contributed by atoms with Gasteiger partial charge in [0.1, 0.15) is 11.5 Å². The summed E-state index contributed by atoms with van der Waals surface area (Å²) in [7, 11) is 5.27. The van der Waals surface area contributed by atoms with Crippen molar-refractivity contribution in [2.45, 2.75) is 13.0 Å². The Morgan fingerprint density at radius 2 is 1.81 bits per heavy atom. The highest BCUT2D eigenvalue weighted by molar-refractivity contribution is 5.80. The number of methoxy groups -OCH3 is 2. The molecule has 0 aromatic heterocycles. The molecule has 168 valence electrons. The molecule has 1 N–H and O–H groups in total. The number of para-hydroxylation sites is 2. The fraction of sp³-hybridized carbons (Fsp3) is 0.458. The van der Waals surface area contributed by atoms with Gasteiger partial charge in [0.2, 0.25) is 0 Å². The number of nitrogens with one attached hydrogen (secondary N) is 1. The number of guanidine groups is 1. The molecule has 31 heavy (non-hydrogen) atoms. The fourth-order valence-corrected chi connectivity index (χ4v) is 3.70. The van der Waals surface area contributed by atoms with Gasteiger partial charge in [-0.2, -0.15) is 0 Å². The van der Waals surface area contributed by atoms with Crippen molar-refractivity contribution < 1.29 is 14.2 Å².